The van der Waals surface area contributed by atoms with E-state index in [0.717, 1.165) is 60.2 Å². The number of aryl methyl sites for hydroxylation is 1. The Kier molecular flexibility index (Phi) is 6.62. The van der Waals surface area contributed by atoms with Crippen LogP contribution in [0.3, 0.4) is 0 Å². The molecule has 5 aromatic rings. The van der Waals surface area contributed by atoms with Gasteiger partial charge < -0.3 is 9.64 Å². The highest BCUT2D eigenvalue weighted by Gasteiger charge is 2.23. The van der Waals surface area contributed by atoms with Crippen LogP contribution in [0.25, 0.3) is 39.1 Å². The van der Waals surface area contributed by atoms with Crippen molar-refractivity contribution in [3.8, 4) is 40.5 Å². The van der Waals surface area contributed by atoms with Gasteiger partial charge in [0.25, 0.3) is 0 Å². The van der Waals surface area contributed by atoms with Crippen LogP contribution < -0.4 is 4.74 Å². The van der Waals surface area contributed by atoms with Crippen LogP contribution in [0.5, 0.6) is 6.01 Å². The van der Waals surface area contributed by atoms with Gasteiger partial charge in [-0.25, -0.2) is 9.97 Å². The van der Waals surface area contributed by atoms with Gasteiger partial charge in [0.1, 0.15) is 0 Å². The van der Waals surface area contributed by atoms with Crippen LogP contribution in [-0.4, -0.2) is 60.3 Å². The predicted octanol–water partition coefficient (Wildman–Crippen LogP) is 4.22. The summed E-state index contributed by atoms with van der Waals surface area (Å²) >= 11 is 0. The molecule has 0 saturated carbocycles. The van der Waals surface area contributed by atoms with Crippen molar-refractivity contribution in [3.63, 3.8) is 0 Å². The van der Waals surface area contributed by atoms with E-state index in [1.807, 2.05) is 42.0 Å². The van der Waals surface area contributed by atoms with Crippen LogP contribution in [0, 0.1) is 28.6 Å². The van der Waals surface area contributed by atoms with E-state index >= 15 is 0 Å². The molecule has 10 nitrogen and oxygen atoms in total. The van der Waals surface area contributed by atoms with E-state index in [1.54, 1.807) is 29.2 Å². The lowest BCUT2D eigenvalue weighted by Crippen LogP contribution is -2.38. The molecule has 4 aromatic heterocycles. The number of rotatable bonds is 7. The molecule has 0 bridgehead atoms. The number of pyridine rings is 1. The quantitative estimate of drug-likeness (QED) is 0.315. The Morgan fingerprint density at radius 2 is 1.95 bits per heavy atom. The fourth-order valence-corrected chi connectivity index (χ4v) is 5.30. The van der Waals surface area contributed by atoms with Crippen LogP contribution in [-0.2, 0) is 7.05 Å². The van der Waals surface area contributed by atoms with Crippen molar-refractivity contribution in [2.24, 2.45) is 13.0 Å². The molecule has 39 heavy (non-hydrogen) atoms. The van der Waals surface area contributed by atoms with Crippen LogP contribution in [0.15, 0.2) is 55.1 Å². The second-order valence-corrected chi connectivity index (χ2v) is 9.86. The average molecular weight is 518 g/mol. The number of aromatic nitrogens is 6. The molecular formula is C29H27N9O. The summed E-state index contributed by atoms with van der Waals surface area (Å²) < 4.78 is 10.0. The number of imidazole rings is 1. The van der Waals surface area contributed by atoms with Gasteiger partial charge in [-0.05, 0) is 37.6 Å². The maximum atomic E-state index is 9.32. The molecule has 1 aliphatic rings. The first-order valence-electron chi connectivity index (χ1n) is 13.0. The minimum Gasteiger partial charge on any atom is -0.464 e. The molecule has 10 heteroatoms. The van der Waals surface area contributed by atoms with Crippen molar-refractivity contribution >= 4 is 16.7 Å². The molecule has 1 aromatic carbocycles. The van der Waals surface area contributed by atoms with Gasteiger partial charge >= 0.3 is 6.01 Å². The minimum atomic E-state index is 0.355. The third-order valence-corrected chi connectivity index (χ3v) is 7.25. The molecule has 0 spiro atoms. The van der Waals surface area contributed by atoms with E-state index in [4.69, 9.17) is 20.0 Å². The maximum Gasteiger partial charge on any atom is 0.302 e. The van der Waals surface area contributed by atoms with Crippen molar-refractivity contribution in [1.82, 2.24) is 34.0 Å². The van der Waals surface area contributed by atoms with Gasteiger partial charge in [-0.15, -0.1) is 0 Å². The molecule has 0 N–H and O–H groups in total. The molecule has 5 heterocycles. The SMILES string of the molecule is Cn1ncc2cc(-c3c(-c4ccc(C#N)cc4)nc(OC[C@@H]4CCCN(CCC#N)C4)n4ccnc34)cnc21. The molecule has 194 valence electrons. The van der Waals surface area contributed by atoms with Crippen molar-refractivity contribution < 1.29 is 4.74 Å². The Bertz CT molecular complexity index is 1720. The summed E-state index contributed by atoms with van der Waals surface area (Å²) in [6.45, 7) is 3.25. The lowest BCUT2D eigenvalue weighted by molar-refractivity contribution is 0.126. The molecule has 1 saturated heterocycles. The number of hydrogen-bond donors (Lipinski definition) is 0. The maximum absolute atomic E-state index is 9.32. The molecule has 1 atom stereocenters. The van der Waals surface area contributed by atoms with E-state index in [0.29, 0.717) is 41.9 Å². The molecule has 0 radical (unpaired) electrons. The Hall–Kier alpha value is -4.80. The third kappa shape index (κ3) is 4.78. The summed E-state index contributed by atoms with van der Waals surface area (Å²) in [6.07, 6.45) is 9.93. The van der Waals surface area contributed by atoms with Crippen molar-refractivity contribution in [1.29, 1.82) is 10.5 Å². The number of ether oxygens (including phenoxy) is 1. The Morgan fingerprint density at radius 3 is 2.77 bits per heavy atom. The Balaban J connectivity index is 1.41. The minimum absolute atomic E-state index is 0.355. The number of nitrogens with zero attached hydrogens (tertiary/aromatic N) is 9. The highest BCUT2D eigenvalue weighted by molar-refractivity contribution is 5.93. The van der Waals surface area contributed by atoms with Gasteiger partial charge in [0.15, 0.2) is 11.3 Å². The number of piperidine rings is 1. The number of hydrogen-bond acceptors (Lipinski definition) is 8. The summed E-state index contributed by atoms with van der Waals surface area (Å²) in [4.78, 5) is 16.7. The number of benzene rings is 1. The van der Waals surface area contributed by atoms with Gasteiger partial charge in [0, 0.05) is 67.6 Å². The predicted molar refractivity (Wildman–Crippen MR) is 146 cm³/mol. The molecular weight excluding hydrogens is 490 g/mol. The summed E-state index contributed by atoms with van der Waals surface area (Å²) in [5.74, 6) is 0.355. The zero-order valence-corrected chi connectivity index (χ0v) is 21.7. The molecule has 6 rings (SSSR count). The highest BCUT2D eigenvalue weighted by atomic mass is 16.5. The molecule has 0 amide bonds. The van der Waals surface area contributed by atoms with Crippen molar-refractivity contribution in [2.75, 3.05) is 26.2 Å². The standard InChI is InChI=1S/C29H27N9O/c1-36-27-24(17-34-36)14-23(16-33-27)25-26(22-7-5-20(15-31)6-8-22)35-29(38-13-10-32-28(25)38)39-19-21-4-2-11-37(18-21)12-3-9-30/h5-8,10,13-14,16-17,21H,2-4,11-12,18-19H2,1H3/t21-/m1/s1. The Labute approximate surface area is 225 Å². The first-order valence-corrected chi connectivity index (χ1v) is 13.0. The number of fused-ring (bicyclic) bond motifs is 2. The van der Waals surface area contributed by atoms with Crippen molar-refractivity contribution in [3.05, 3.63) is 60.7 Å². The second-order valence-electron chi connectivity index (χ2n) is 9.86. The smallest absolute Gasteiger partial charge is 0.302 e. The summed E-state index contributed by atoms with van der Waals surface area (Å²) in [7, 11) is 1.87. The van der Waals surface area contributed by atoms with Crippen LogP contribution in [0.4, 0.5) is 0 Å². The van der Waals surface area contributed by atoms with Gasteiger partial charge in [-0.3, -0.25) is 9.08 Å². The fraction of sp³-hybridized carbons (Fsp3) is 0.310. The van der Waals surface area contributed by atoms with E-state index in [9.17, 15) is 5.26 Å². The van der Waals surface area contributed by atoms with Crippen molar-refractivity contribution in [2.45, 2.75) is 19.3 Å². The van der Waals surface area contributed by atoms with E-state index < -0.39 is 0 Å². The van der Waals surface area contributed by atoms with Crippen LogP contribution in [0.1, 0.15) is 24.8 Å². The third-order valence-electron chi connectivity index (χ3n) is 7.25. The van der Waals surface area contributed by atoms with Gasteiger partial charge in [-0.1, -0.05) is 12.1 Å². The highest BCUT2D eigenvalue weighted by Crippen LogP contribution is 2.37. The van der Waals surface area contributed by atoms with Crippen LogP contribution in [0.2, 0.25) is 0 Å². The largest absolute Gasteiger partial charge is 0.464 e. The van der Waals surface area contributed by atoms with E-state index in [2.05, 4.69) is 27.1 Å². The first-order chi connectivity index (χ1) is 19.1. The average Bonchev–Trinajstić information content (AvgIpc) is 3.61. The summed E-state index contributed by atoms with van der Waals surface area (Å²) in [5, 5.41) is 23.5. The zero-order valence-electron chi connectivity index (χ0n) is 21.7. The summed E-state index contributed by atoms with van der Waals surface area (Å²) in [6, 6.07) is 14.3. The topological polar surface area (TPSA) is 121 Å². The zero-order chi connectivity index (χ0) is 26.8. The lowest BCUT2D eigenvalue weighted by atomic mass is 9.99. The van der Waals surface area contributed by atoms with E-state index in [-0.39, 0.29) is 0 Å². The van der Waals surface area contributed by atoms with Gasteiger partial charge in [-0.2, -0.15) is 20.6 Å². The normalized spacial score (nSPS) is 15.8. The molecule has 0 aliphatic carbocycles. The summed E-state index contributed by atoms with van der Waals surface area (Å²) in [5.41, 5.74) is 5.34. The van der Waals surface area contributed by atoms with E-state index in [1.165, 1.54) is 0 Å². The number of nitriles is 2. The molecule has 0 unspecified atom stereocenters. The monoisotopic (exact) mass is 517 g/mol. The fourth-order valence-electron chi connectivity index (χ4n) is 5.30. The van der Waals surface area contributed by atoms with Gasteiger partial charge in [0.05, 0.1) is 41.8 Å². The molecule has 1 fully saturated rings. The second kappa shape index (κ2) is 10.5. The Morgan fingerprint density at radius 1 is 1.08 bits per heavy atom. The lowest BCUT2D eigenvalue weighted by Gasteiger charge is -2.31. The van der Waals surface area contributed by atoms with Crippen LogP contribution >= 0.6 is 0 Å². The van der Waals surface area contributed by atoms with Gasteiger partial charge in [0.2, 0.25) is 0 Å². The molecule has 1 aliphatic heterocycles. The first kappa shape index (κ1) is 24.5. The number of likely N-dealkylation sites (tertiary alicyclic amines) is 1.